The summed E-state index contributed by atoms with van der Waals surface area (Å²) >= 11 is 0. The second-order valence-corrected chi connectivity index (χ2v) is 8.65. The van der Waals surface area contributed by atoms with E-state index in [9.17, 15) is 9.59 Å². The Hall–Kier alpha value is -3.87. The van der Waals surface area contributed by atoms with E-state index in [1.807, 2.05) is 27.7 Å². The van der Waals surface area contributed by atoms with E-state index in [1.54, 1.807) is 42.6 Å². The zero-order chi connectivity index (χ0) is 23.8. The van der Waals surface area contributed by atoms with Crippen LogP contribution >= 0.6 is 0 Å². The van der Waals surface area contributed by atoms with Crippen LogP contribution in [0.2, 0.25) is 0 Å². The monoisotopic (exact) mass is 445 g/mol. The molecule has 0 fully saturated rings. The van der Waals surface area contributed by atoms with E-state index in [-0.39, 0.29) is 24.7 Å². The van der Waals surface area contributed by atoms with Gasteiger partial charge in [0, 0.05) is 23.8 Å². The minimum absolute atomic E-state index is 0.00288. The van der Waals surface area contributed by atoms with Crippen LogP contribution in [0.15, 0.2) is 48.8 Å². The van der Waals surface area contributed by atoms with Gasteiger partial charge >= 0.3 is 0 Å². The number of fused-ring (bicyclic) bond motifs is 1. The number of nitrogens with one attached hydrogen (secondary N) is 1. The summed E-state index contributed by atoms with van der Waals surface area (Å²) in [6.45, 7) is 7.78. The molecule has 2 heterocycles. The number of carbonyl (C=O) groups is 2. The SMILES string of the molecule is Cc1c(C)c2c(c(C)c1N)C(=O)CC(C)(COc1ccc(NC(=O)c3cccnc3)cc1)O2. The largest absolute Gasteiger partial charge is 0.489 e. The molecule has 3 aromatic rings. The zero-order valence-electron chi connectivity index (χ0n) is 19.2. The molecule has 0 aliphatic carbocycles. The molecule has 2 aromatic carbocycles. The minimum Gasteiger partial charge on any atom is -0.489 e. The van der Waals surface area contributed by atoms with Crippen molar-refractivity contribution in [2.45, 2.75) is 39.7 Å². The first-order valence-corrected chi connectivity index (χ1v) is 10.7. The molecular formula is C26H27N3O4. The number of hydrogen-bond donors (Lipinski definition) is 2. The van der Waals surface area contributed by atoms with E-state index >= 15 is 0 Å². The van der Waals surface area contributed by atoms with E-state index in [0.29, 0.717) is 34.0 Å². The van der Waals surface area contributed by atoms with Gasteiger partial charge in [0.15, 0.2) is 5.78 Å². The molecular weight excluding hydrogens is 418 g/mol. The van der Waals surface area contributed by atoms with Crippen LogP contribution in [0, 0.1) is 20.8 Å². The van der Waals surface area contributed by atoms with Crippen molar-refractivity contribution in [2.75, 3.05) is 17.7 Å². The number of benzene rings is 2. The van der Waals surface area contributed by atoms with Gasteiger partial charge in [-0.1, -0.05) is 0 Å². The number of hydrogen-bond acceptors (Lipinski definition) is 6. The fraction of sp³-hybridized carbons (Fsp3) is 0.269. The molecule has 1 aliphatic rings. The summed E-state index contributed by atoms with van der Waals surface area (Å²) in [4.78, 5) is 29.2. The molecule has 170 valence electrons. The molecule has 0 spiro atoms. The van der Waals surface area contributed by atoms with Crippen LogP contribution < -0.4 is 20.5 Å². The number of ether oxygens (including phenoxy) is 2. The Morgan fingerprint density at radius 2 is 1.88 bits per heavy atom. The first-order chi connectivity index (χ1) is 15.7. The number of amides is 1. The molecule has 1 aliphatic heterocycles. The molecule has 4 rings (SSSR count). The number of nitrogens with two attached hydrogens (primary N) is 1. The first-order valence-electron chi connectivity index (χ1n) is 10.7. The summed E-state index contributed by atoms with van der Waals surface area (Å²) in [7, 11) is 0. The maximum absolute atomic E-state index is 13.0. The number of ketones is 1. The number of Topliss-reactive ketones (excluding diaryl/α,β-unsaturated/α-hetero) is 1. The molecule has 0 saturated carbocycles. The Balaban J connectivity index is 1.44. The van der Waals surface area contributed by atoms with Gasteiger partial charge in [-0.2, -0.15) is 0 Å². The number of aromatic nitrogens is 1. The quantitative estimate of drug-likeness (QED) is 0.555. The summed E-state index contributed by atoms with van der Waals surface area (Å²) in [6, 6.07) is 10.5. The van der Waals surface area contributed by atoms with Crippen molar-refractivity contribution in [3.05, 3.63) is 76.6 Å². The van der Waals surface area contributed by atoms with E-state index in [0.717, 1.165) is 16.7 Å². The summed E-state index contributed by atoms with van der Waals surface area (Å²) < 4.78 is 12.3. The van der Waals surface area contributed by atoms with Gasteiger partial charge in [0.2, 0.25) is 0 Å². The topological polar surface area (TPSA) is 104 Å². The Bertz CT molecular complexity index is 1220. The number of nitrogen functional groups attached to an aromatic ring is 1. The normalized spacial score (nSPS) is 17.2. The predicted molar refractivity (Wildman–Crippen MR) is 127 cm³/mol. The number of pyridine rings is 1. The Kier molecular flexibility index (Phi) is 5.80. The van der Waals surface area contributed by atoms with E-state index < -0.39 is 5.60 Å². The molecule has 7 nitrogen and oxygen atoms in total. The van der Waals surface area contributed by atoms with Crippen molar-refractivity contribution >= 4 is 23.1 Å². The van der Waals surface area contributed by atoms with Crippen LogP contribution in [-0.4, -0.2) is 28.9 Å². The van der Waals surface area contributed by atoms with Gasteiger partial charge in [0.05, 0.1) is 17.5 Å². The zero-order valence-corrected chi connectivity index (χ0v) is 19.2. The maximum Gasteiger partial charge on any atom is 0.257 e. The maximum atomic E-state index is 13.0. The molecule has 1 aromatic heterocycles. The molecule has 0 saturated heterocycles. The molecule has 7 heteroatoms. The van der Waals surface area contributed by atoms with Crippen LogP contribution in [0.3, 0.4) is 0 Å². The molecule has 1 amide bonds. The van der Waals surface area contributed by atoms with Gasteiger partial charge in [0.25, 0.3) is 5.91 Å². The summed E-state index contributed by atoms with van der Waals surface area (Å²) in [5.74, 6) is 0.968. The van der Waals surface area contributed by atoms with Crippen molar-refractivity contribution in [3.63, 3.8) is 0 Å². The highest BCUT2D eigenvalue weighted by molar-refractivity contribution is 6.04. The third-order valence-electron chi connectivity index (χ3n) is 6.06. The number of nitrogens with zero attached hydrogens (tertiary/aromatic N) is 1. The third-order valence-corrected chi connectivity index (χ3v) is 6.06. The number of anilines is 2. The van der Waals surface area contributed by atoms with E-state index in [4.69, 9.17) is 15.2 Å². The van der Waals surface area contributed by atoms with Gasteiger partial charge in [-0.15, -0.1) is 0 Å². The molecule has 1 atom stereocenters. The Labute approximate surface area is 192 Å². The lowest BCUT2D eigenvalue weighted by molar-refractivity contribution is 0.0183. The lowest BCUT2D eigenvalue weighted by Crippen LogP contribution is -2.45. The van der Waals surface area contributed by atoms with Gasteiger partial charge in [-0.25, -0.2) is 0 Å². The minimum atomic E-state index is -0.808. The van der Waals surface area contributed by atoms with Crippen LogP contribution in [0.1, 0.15) is 50.8 Å². The highest BCUT2D eigenvalue weighted by Gasteiger charge is 2.40. The van der Waals surface area contributed by atoms with Gasteiger partial charge in [-0.05, 0) is 80.8 Å². The Morgan fingerprint density at radius 3 is 2.55 bits per heavy atom. The van der Waals surface area contributed by atoms with Crippen LogP contribution in [0.25, 0.3) is 0 Å². The third kappa shape index (κ3) is 4.39. The van der Waals surface area contributed by atoms with Crippen molar-refractivity contribution in [1.29, 1.82) is 0 Å². The standard InChI is InChI=1S/C26H27N3O4/c1-15-16(2)24-22(17(3)23(15)27)21(30)12-26(4,33-24)14-32-20-9-7-19(8-10-20)29-25(31)18-6-5-11-28-13-18/h5-11,13H,12,14,27H2,1-4H3,(H,29,31). The lowest BCUT2D eigenvalue weighted by atomic mass is 9.86. The molecule has 0 radical (unpaired) electrons. The molecule has 1 unspecified atom stereocenters. The summed E-state index contributed by atoms with van der Waals surface area (Å²) in [6.07, 6.45) is 3.32. The van der Waals surface area contributed by atoms with Gasteiger partial charge < -0.3 is 20.5 Å². The van der Waals surface area contributed by atoms with Gasteiger partial charge in [-0.3, -0.25) is 14.6 Å². The molecule has 33 heavy (non-hydrogen) atoms. The smallest absolute Gasteiger partial charge is 0.257 e. The average Bonchev–Trinajstić information content (AvgIpc) is 2.81. The van der Waals surface area contributed by atoms with Crippen molar-refractivity contribution < 1.29 is 19.1 Å². The highest BCUT2D eigenvalue weighted by Crippen LogP contribution is 2.42. The van der Waals surface area contributed by atoms with Crippen molar-refractivity contribution in [2.24, 2.45) is 0 Å². The van der Waals surface area contributed by atoms with Crippen LogP contribution in [-0.2, 0) is 0 Å². The second-order valence-electron chi connectivity index (χ2n) is 8.65. The number of carbonyl (C=O) groups excluding carboxylic acids is 2. The second kappa shape index (κ2) is 8.58. The highest BCUT2D eigenvalue weighted by atomic mass is 16.5. The van der Waals surface area contributed by atoms with Gasteiger partial charge in [0.1, 0.15) is 23.7 Å². The predicted octanol–water partition coefficient (Wildman–Crippen LogP) is 4.64. The van der Waals surface area contributed by atoms with Crippen molar-refractivity contribution in [1.82, 2.24) is 4.98 Å². The van der Waals surface area contributed by atoms with Crippen LogP contribution in [0.4, 0.5) is 11.4 Å². The molecule has 3 N–H and O–H groups in total. The fourth-order valence-corrected chi connectivity index (χ4v) is 3.97. The summed E-state index contributed by atoms with van der Waals surface area (Å²) in [5.41, 5.74) is 10.3. The van der Waals surface area contributed by atoms with E-state index in [1.165, 1.54) is 6.20 Å². The van der Waals surface area contributed by atoms with Crippen LogP contribution in [0.5, 0.6) is 11.5 Å². The lowest BCUT2D eigenvalue weighted by Gasteiger charge is -2.36. The fourth-order valence-electron chi connectivity index (χ4n) is 3.97. The Morgan fingerprint density at radius 1 is 1.15 bits per heavy atom. The van der Waals surface area contributed by atoms with Crippen molar-refractivity contribution in [3.8, 4) is 11.5 Å². The first kappa shape index (κ1) is 22.3. The summed E-state index contributed by atoms with van der Waals surface area (Å²) in [5, 5.41) is 2.82. The number of rotatable bonds is 5. The average molecular weight is 446 g/mol. The molecule has 0 bridgehead atoms. The van der Waals surface area contributed by atoms with E-state index in [2.05, 4.69) is 10.3 Å².